The highest BCUT2D eigenvalue weighted by molar-refractivity contribution is 6.30. The number of fused-ring (bicyclic) bond motifs is 1. The minimum Gasteiger partial charge on any atom is -0.408 e. The molecule has 0 aliphatic heterocycles. The molecule has 108 valence electrons. The summed E-state index contributed by atoms with van der Waals surface area (Å²) in [5.41, 5.74) is 8.16. The van der Waals surface area contributed by atoms with Crippen molar-refractivity contribution in [3.05, 3.63) is 68.9 Å². The van der Waals surface area contributed by atoms with Gasteiger partial charge < -0.3 is 10.2 Å². The molecule has 0 bridgehead atoms. The number of nitrogens with zero attached hydrogens (tertiary/aromatic N) is 1. The maximum Gasteiger partial charge on any atom is 0.419 e. The van der Waals surface area contributed by atoms with Crippen molar-refractivity contribution < 1.29 is 8.81 Å². The summed E-state index contributed by atoms with van der Waals surface area (Å²) in [5, 5.41) is 0.313. The van der Waals surface area contributed by atoms with Gasteiger partial charge >= 0.3 is 5.76 Å². The second-order valence-corrected chi connectivity index (χ2v) is 5.23. The average Bonchev–Trinajstić information content (AvgIpc) is 2.73. The molecule has 0 aliphatic rings. The quantitative estimate of drug-likeness (QED) is 0.792. The first kappa shape index (κ1) is 13.9. The predicted octanol–water partition coefficient (Wildman–Crippen LogP) is 2.97. The molecule has 1 aromatic heterocycles. The molecule has 4 nitrogen and oxygen atoms in total. The van der Waals surface area contributed by atoms with Crippen LogP contribution in [0.1, 0.15) is 17.2 Å². The van der Waals surface area contributed by atoms with E-state index >= 15 is 0 Å². The minimum absolute atomic E-state index is 0.313. The van der Waals surface area contributed by atoms with Crippen LogP contribution in [0.25, 0.3) is 11.1 Å². The van der Waals surface area contributed by atoms with Gasteiger partial charge in [-0.05, 0) is 29.8 Å². The Morgan fingerprint density at radius 2 is 2.05 bits per heavy atom. The number of hydrogen-bond acceptors (Lipinski definition) is 3. The van der Waals surface area contributed by atoms with Crippen molar-refractivity contribution in [1.29, 1.82) is 0 Å². The lowest BCUT2D eigenvalue weighted by atomic mass is 9.99. The Morgan fingerprint density at radius 3 is 2.76 bits per heavy atom. The van der Waals surface area contributed by atoms with Crippen LogP contribution in [0, 0.1) is 5.82 Å². The van der Waals surface area contributed by atoms with E-state index < -0.39 is 17.6 Å². The van der Waals surface area contributed by atoms with Gasteiger partial charge in [0.25, 0.3) is 0 Å². The zero-order valence-electron chi connectivity index (χ0n) is 11.1. The van der Waals surface area contributed by atoms with Crippen molar-refractivity contribution in [2.75, 3.05) is 0 Å². The molecule has 0 spiro atoms. The van der Waals surface area contributed by atoms with Gasteiger partial charge in [0.15, 0.2) is 5.58 Å². The second kappa shape index (κ2) is 5.02. The minimum atomic E-state index is -0.669. The fourth-order valence-corrected chi connectivity index (χ4v) is 2.44. The maximum absolute atomic E-state index is 13.9. The van der Waals surface area contributed by atoms with Crippen LogP contribution in [-0.4, -0.2) is 4.57 Å². The summed E-state index contributed by atoms with van der Waals surface area (Å²) in [7, 11) is 1.62. The first-order chi connectivity index (χ1) is 9.97. The SMILES string of the molecule is Cn1c(=O)oc2cc(C(N)c3ccc(Cl)cc3F)ccc21. The molecular formula is C15H12ClFN2O2. The van der Waals surface area contributed by atoms with Crippen LogP contribution < -0.4 is 11.5 Å². The summed E-state index contributed by atoms with van der Waals surface area (Å²) < 4.78 is 20.4. The van der Waals surface area contributed by atoms with E-state index in [9.17, 15) is 9.18 Å². The van der Waals surface area contributed by atoms with E-state index in [4.69, 9.17) is 21.8 Å². The first-order valence-corrected chi connectivity index (χ1v) is 6.65. The van der Waals surface area contributed by atoms with E-state index in [1.165, 1.54) is 10.6 Å². The van der Waals surface area contributed by atoms with E-state index in [1.807, 2.05) is 0 Å². The lowest BCUT2D eigenvalue weighted by molar-refractivity contribution is 0.527. The molecule has 6 heteroatoms. The van der Waals surface area contributed by atoms with Gasteiger partial charge in [-0.3, -0.25) is 4.57 Å². The number of hydrogen-bond donors (Lipinski definition) is 1. The van der Waals surface area contributed by atoms with Gasteiger partial charge in [-0.1, -0.05) is 23.7 Å². The van der Waals surface area contributed by atoms with Crippen molar-refractivity contribution in [3.8, 4) is 0 Å². The summed E-state index contributed by atoms with van der Waals surface area (Å²) in [6.45, 7) is 0. The molecule has 1 unspecified atom stereocenters. The van der Waals surface area contributed by atoms with Crippen molar-refractivity contribution in [1.82, 2.24) is 4.57 Å². The molecule has 3 rings (SSSR count). The van der Waals surface area contributed by atoms with Crippen molar-refractivity contribution in [2.24, 2.45) is 12.8 Å². The Balaban J connectivity index is 2.09. The van der Waals surface area contributed by atoms with Crippen LogP contribution >= 0.6 is 11.6 Å². The molecule has 3 aromatic rings. The second-order valence-electron chi connectivity index (χ2n) is 4.80. The van der Waals surface area contributed by atoms with Crippen molar-refractivity contribution in [3.63, 3.8) is 0 Å². The number of halogens is 2. The number of aryl methyl sites for hydroxylation is 1. The molecule has 2 aromatic carbocycles. The Kier molecular flexibility index (Phi) is 3.31. The number of oxazole rings is 1. The molecule has 21 heavy (non-hydrogen) atoms. The number of rotatable bonds is 2. The van der Waals surface area contributed by atoms with Gasteiger partial charge in [0.1, 0.15) is 5.82 Å². The van der Waals surface area contributed by atoms with Gasteiger partial charge in [0.05, 0.1) is 11.6 Å². The van der Waals surface area contributed by atoms with E-state index in [2.05, 4.69) is 0 Å². The highest BCUT2D eigenvalue weighted by Gasteiger charge is 2.16. The lowest BCUT2D eigenvalue weighted by Gasteiger charge is -2.13. The third kappa shape index (κ3) is 2.34. The molecule has 0 amide bonds. The highest BCUT2D eigenvalue weighted by atomic mass is 35.5. The number of benzene rings is 2. The Labute approximate surface area is 124 Å². The summed E-state index contributed by atoms with van der Waals surface area (Å²) in [6, 6.07) is 8.80. The van der Waals surface area contributed by atoms with Gasteiger partial charge in [-0.2, -0.15) is 0 Å². The van der Waals surface area contributed by atoms with E-state index in [0.717, 1.165) is 0 Å². The zero-order valence-corrected chi connectivity index (χ0v) is 11.9. The van der Waals surface area contributed by atoms with Gasteiger partial charge in [-0.15, -0.1) is 0 Å². The van der Waals surface area contributed by atoms with Crippen LogP contribution in [0.5, 0.6) is 0 Å². The maximum atomic E-state index is 13.9. The Bertz CT molecular complexity index is 885. The molecule has 0 fully saturated rings. The highest BCUT2D eigenvalue weighted by Crippen LogP contribution is 2.26. The zero-order chi connectivity index (χ0) is 15.1. The van der Waals surface area contributed by atoms with Gasteiger partial charge in [-0.25, -0.2) is 9.18 Å². The normalized spacial score (nSPS) is 12.8. The average molecular weight is 307 g/mol. The molecule has 2 N–H and O–H groups in total. The van der Waals surface area contributed by atoms with Crippen LogP contribution in [0.15, 0.2) is 45.6 Å². The molecule has 0 radical (unpaired) electrons. The monoisotopic (exact) mass is 306 g/mol. The van der Waals surface area contributed by atoms with Crippen LogP contribution in [0.4, 0.5) is 4.39 Å². The van der Waals surface area contributed by atoms with E-state index in [-0.39, 0.29) is 0 Å². The molecule has 0 saturated heterocycles. The smallest absolute Gasteiger partial charge is 0.408 e. The van der Waals surface area contributed by atoms with E-state index in [1.54, 1.807) is 37.4 Å². The van der Waals surface area contributed by atoms with Crippen LogP contribution in [0.2, 0.25) is 5.02 Å². The molecular weight excluding hydrogens is 295 g/mol. The third-order valence-electron chi connectivity index (χ3n) is 3.47. The molecule has 1 heterocycles. The van der Waals surface area contributed by atoms with E-state index in [0.29, 0.717) is 27.2 Å². The standard InChI is InChI=1S/C15H12ClFN2O2/c1-19-12-5-2-8(6-13(12)21-15(19)20)14(18)10-4-3-9(16)7-11(10)17/h2-7,14H,18H2,1H3. The Morgan fingerprint density at radius 1 is 1.29 bits per heavy atom. The fraction of sp³-hybridized carbons (Fsp3) is 0.133. The first-order valence-electron chi connectivity index (χ1n) is 6.27. The number of nitrogens with two attached hydrogens (primary N) is 1. The topological polar surface area (TPSA) is 61.2 Å². The summed E-state index contributed by atoms with van der Waals surface area (Å²) >= 11 is 5.73. The fourth-order valence-electron chi connectivity index (χ4n) is 2.28. The number of aromatic nitrogens is 1. The van der Waals surface area contributed by atoms with Crippen molar-refractivity contribution in [2.45, 2.75) is 6.04 Å². The largest absolute Gasteiger partial charge is 0.419 e. The summed E-state index contributed by atoms with van der Waals surface area (Å²) in [4.78, 5) is 11.5. The lowest BCUT2D eigenvalue weighted by Crippen LogP contribution is -2.13. The van der Waals surface area contributed by atoms with Crippen LogP contribution in [-0.2, 0) is 7.05 Å². The molecule has 0 saturated carbocycles. The van der Waals surface area contributed by atoms with Crippen molar-refractivity contribution >= 4 is 22.7 Å². The third-order valence-corrected chi connectivity index (χ3v) is 3.71. The summed E-state index contributed by atoms with van der Waals surface area (Å²) in [5.74, 6) is -0.919. The molecule has 1 atom stereocenters. The molecule has 0 aliphatic carbocycles. The summed E-state index contributed by atoms with van der Waals surface area (Å²) in [6.07, 6.45) is 0. The predicted molar refractivity (Wildman–Crippen MR) is 78.9 cm³/mol. The van der Waals surface area contributed by atoms with Crippen LogP contribution in [0.3, 0.4) is 0 Å². The Hall–Kier alpha value is -2.11. The van der Waals surface area contributed by atoms with Gasteiger partial charge in [0.2, 0.25) is 0 Å². The van der Waals surface area contributed by atoms with Gasteiger partial charge in [0, 0.05) is 17.6 Å².